The summed E-state index contributed by atoms with van der Waals surface area (Å²) in [6, 6.07) is 14.5. The normalized spacial score (nSPS) is 15.7. The number of nitrogens with zero attached hydrogens (tertiary/aromatic N) is 3. The summed E-state index contributed by atoms with van der Waals surface area (Å²) in [5, 5.41) is 3.27. The van der Waals surface area contributed by atoms with Crippen molar-refractivity contribution in [1.29, 1.82) is 0 Å². The van der Waals surface area contributed by atoms with Crippen LogP contribution in [0.4, 0.5) is 5.82 Å². The fraction of sp³-hybridized carbons (Fsp3) is 0.200. The molecule has 3 N–H and O–H groups in total. The molecule has 134 valence electrons. The minimum absolute atomic E-state index is 0. The van der Waals surface area contributed by atoms with E-state index in [4.69, 9.17) is 5.73 Å². The van der Waals surface area contributed by atoms with Crippen LogP contribution in [0.1, 0.15) is 36.6 Å². The Morgan fingerprint density at radius 1 is 1.12 bits per heavy atom. The molecule has 6 heteroatoms. The monoisotopic (exact) mass is 367 g/mol. The van der Waals surface area contributed by atoms with Crippen molar-refractivity contribution in [2.45, 2.75) is 25.4 Å². The van der Waals surface area contributed by atoms with Gasteiger partial charge in [-0.2, -0.15) is 0 Å². The van der Waals surface area contributed by atoms with E-state index in [0.717, 1.165) is 28.2 Å². The van der Waals surface area contributed by atoms with Gasteiger partial charge in [0.1, 0.15) is 11.9 Å². The number of rotatable bonds is 3. The molecule has 0 saturated carbocycles. The maximum Gasteiger partial charge on any atom is 0.121 e. The van der Waals surface area contributed by atoms with Crippen molar-refractivity contribution < 1.29 is 0 Å². The van der Waals surface area contributed by atoms with Crippen molar-refractivity contribution in [3.63, 3.8) is 0 Å². The van der Waals surface area contributed by atoms with Crippen LogP contribution in [0.2, 0.25) is 0 Å². The van der Waals surface area contributed by atoms with Crippen LogP contribution in [0, 0.1) is 0 Å². The summed E-state index contributed by atoms with van der Waals surface area (Å²) in [5.74, 6) is 1.02. The van der Waals surface area contributed by atoms with E-state index in [9.17, 15) is 0 Å². The summed E-state index contributed by atoms with van der Waals surface area (Å²) in [6.45, 7) is 4.02. The van der Waals surface area contributed by atoms with Gasteiger partial charge in [0.2, 0.25) is 0 Å². The quantitative estimate of drug-likeness (QED) is 0.734. The van der Waals surface area contributed by atoms with E-state index in [1.807, 2.05) is 38.4 Å². The van der Waals surface area contributed by atoms with E-state index in [1.165, 1.54) is 0 Å². The Bertz CT molecular complexity index is 908. The lowest BCUT2D eigenvalue weighted by Crippen LogP contribution is -2.28. The van der Waals surface area contributed by atoms with Crippen LogP contribution in [-0.2, 0) is 5.54 Å². The van der Waals surface area contributed by atoms with Gasteiger partial charge in [-0.1, -0.05) is 24.3 Å². The first-order valence-corrected chi connectivity index (χ1v) is 8.33. The van der Waals surface area contributed by atoms with Crippen LogP contribution < -0.4 is 11.1 Å². The fourth-order valence-corrected chi connectivity index (χ4v) is 3.15. The number of hydrogen-bond donors (Lipinski definition) is 2. The first-order chi connectivity index (χ1) is 12.0. The molecule has 1 unspecified atom stereocenters. The second-order valence-corrected chi connectivity index (χ2v) is 6.87. The molecule has 1 aliphatic rings. The maximum absolute atomic E-state index is 6.18. The zero-order chi connectivity index (χ0) is 17.4. The first-order valence-electron chi connectivity index (χ1n) is 8.33. The molecule has 0 spiro atoms. The Balaban J connectivity index is 0.00000196. The standard InChI is InChI=1S/C20H21N5.ClH/c1-20(2,21)15-7-5-14(6-8-15)18-17-9-11-25(19(17)24-13-23-18)16-4-3-10-22-12-16;/h3-13,18H,21H2,1-2H3,(H,23,24);1H. The summed E-state index contributed by atoms with van der Waals surface area (Å²) >= 11 is 0. The van der Waals surface area contributed by atoms with Crippen molar-refractivity contribution in [2.75, 3.05) is 5.32 Å². The number of anilines is 1. The molecule has 1 atom stereocenters. The molecule has 0 aliphatic carbocycles. The largest absolute Gasteiger partial charge is 0.332 e. The zero-order valence-corrected chi connectivity index (χ0v) is 15.6. The van der Waals surface area contributed by atoms with Gasteiger partial charge < -0.3 is 15.6 Å². The maximum atomic E-state index is 6.18. The SMILES string of the molecule is CC(C)(N)c1ccc(C2N=CNc3c2ccn3-c2cccnc2)cc1.Cl. The molecule has 1 aromatic carbocycles. The zero-order valence-electron chi connectivity index (χ0n) is 14.8. The highest BCUT2D eigenvalue weighted by Crippen LogP contribution is 2.36. The molecule has 0 amide bonds. The molecule has 5 nitrogen and oxygen atoms in total. The smallest absolute Gasteiger partial charge is 0.121 e. The highest BCUT2D eigenvalue weighted by atomic mass is 35.5. The van der Waals surface area contributed by atoms with Gasteiger partial charge >= 0.3 is 0 Å². The third-order valence-electron chi connectivity index (χ3n) is 4.53. The number of halogens is 1. The van der Waals surface area contributed by atoms with E-state index < -0.39 is 0 Å². The second-order valence-electron chi connectivity index (χ2n) is 6.87. The van der Waals surface area contributed by atoms with Gasteiger partial charge in [-0.25, -0.2) is 0 Å². The molecule has 4 rings (SSSR count). The van der Waals surface area contributed by atoms with Gasteiger partial charge in [0.05, 0.1) is 18.2 Å². The van der Waals surface area contributed by atoms with Gasteiger partial charge in [-0.3, -0.25) is 9.98 Å². The number of aromatic nitrogens is 2. The summed E-state index contributed by atoms with van der Waals surface area (Å²) < 4.78 is 2.10. The molecular formula is C20H22ClN5. The summed E-state index contributed by atoms with van der Waals surface area (Å²) in [4.78, 5) is 8.85. The third-order valence-corrected chi connectivity index (χ3v) is 4.53. The van der Waals surface area contributed by atoms with Gasteiger partial charge in [-0.05, 0) is 43.2 Å². The van der Waals surface area contributed by atoms with Crippen molar-refractivity contribution in [3.05, 3.63) is 77.7 Å². The number of hydrogen-bond acceptors (Lipinski definition) is 4. The number of benzene rings is 1. The third kappa shape index (κ3) is 3.23. The van der Waals surface area contributed by atoms with E-state index in [1.54, 1.807) is 12.5 Å². The van der Waals surface area contributed by atoms with Crippen LogP contribution in [0.15, 0.2) is 66.0 Å². The predicted octanol–water partition coefficient (Wildman–Crippen LogP) is 4.03. The van der Waals surface area contributed by atoms with E-state index in [-0.39, 0.29) is 24.0 Å². The van der Waals surface area contributed by atoms with Crippen molar-refractivity contribution >= 4 is 24.6 Å². The Morgan fingerprint density at radius 2 is 1.88 bits per heavy atom. The minimum Gasteiger partial charge on any atom is -0.332 e. The Kier molecular flexibility index (Phi) is 4.85. The summed E-state index contributed by atoms with van der Waals surface area (Å²) in [7, 11) is 0. The molecule has 0 radical (unpaired) electrons. The van der Waals surface area contributed by atoms with Crippen LogP contribution in [0.25, 0.3) is 5.69 Å². The highest BCUT2D eigenvalue weighted by molar-refractivity contribution is 5.85. The lowest BCUT2D eigenvalue weighted by molar-refractivity contribution is 0.554. The summed E-state index contributed by atoms with van der Waals surface area (Å²) in [5.41, 5.74) is 10.3. The fourth-order valence-electron chi connectivity index (χ4n) is 3.15. The first kappa shape index (κ1) is 18.2. The predicted molar refractivity (Wildman–Crippen MR) is 108 cm³/mol. The molecule has 2 aromatic heterocycles. The average molecular weight is 368 g/mol. The molecular weight excluding hydrogens is 346 g/mol. The average Bonchev–Trinajstić information content (AvgIpc) is 3.06. The van der Waals surface area contributed by atoms with Crippen LogP contribution in [0.3, 0.4) is 0 Å². The highest BCUT2D eigenvalue weighted by Gasteiger charge is 2.23. The lowest BCUT2D eigenvalue weighted by Gasteiger charge is -2.22. The second kappa shape index (κ2) is 6.94. The molecule has 0 fully saturated rings. The van der Waals surface area contributed by atoms with E-state index >= 15 is 0 Å². The van der Waals surface area contributed by atoms with E-state index in [2.05, 4.69) is 50.2 Å². The Morgan fingerprint density at radius 3 is 2.54 bits per heavy atom. The Hall–Kier alpha value is -2.63. The van der Waals surface area contributed by atoms with Crippen LogP contribution >= 0.6 is 12.4 Å². The summed E-state index contributed by atoms with van der Waals surface area (Å²) in [6.07, 6.45) is 7.44. The Labute approximate surface area is 159 Å². The van der Waals surface area contributed by atoms with Crippen molar-refractivity contribution in [1.82, 2.24) is 9.55 Å². The van der Waals surface area contributed by atoms with Gasteiger partial charge in [0.25, 0.3) is 0 Å². The number of fused-ring (bicyclic) bond motifs is 1. The minimum atomic E-state index is -0.343. The number of nitrogens with one attached hydrogen (secondary N) is 1. The topological polar surface area (TPSA) is 68.2 Å². The van der Waals surface area contributed by atoms with Crippen molar-refractivity contribution in [3.8, 4) is 5.69 Å². The molecule has 3 heterocycles. The number of aliphatic imine (C=N–C) groups is 1. The molecule has 26 heavy (non-hydrogen) atoms. The molecule has 0 bridgehead atoms. The molecule has 1 aliphatic heterocycles. The molecule has 0 saturated heterocycles. The molecule has 3 aromatic rings. The van der Waals surface area contributed by atoms with Gasteiger partial charge in [0.15, 0.2) is 0 Å². The van der Waals surface area contributed by atoms with Crippen LogP contribution in [-0.4, -0.2) is 15.9 Å². The number of pyridine rings is 1. The number of nitrogens with two attached hydrogens (primary N) is 1. The van der Waals surface area contributed by atoms with Crippen molar-refractivity contribution in [2.24, 2.45) is 10.7 Å². The van der Waals surface area contributed by atoms with Crippen LogP contribution in [0.5, 0.6) is 0 Å². The van der Waals surface area contributed by atoms with Gasteiger partial charge in [0, 0.05) is 23.5 Å². The van der Waals surface area contributed by atoms with E-state index in [0.29, 0.717) is 0 Å². The van der Waals surface area contributed by atoms with Gasteiger partial charge in [-0.15, -0.1) is 12.4 Å². The lowest BCUT2D eigenvalue weighted by atomic mass is 9.92.